The Morgan fingerprint density at radius 1 is 0.862 bits per heavy atom. The van der Waals surface area contributed by atoms with E-state index in [0.29, 0.717) is 11.3 Å². The number of nitrogens with zero attached hydrogens (tertiary/aromatic N) is 1. The first-order valence-corrected chi connectivity index (χ1v) is 8.57. The van der Waals surface area contributed by atoms with Crippen molar-refractivity contribution in [2.75, 3.05) is 5.32 Å². The van der Waals surface area contributed by atoms with E-state index >= 15 is 0 Å². The highest BCUT2D eigenvalue weighted by atomic mass is 19.4. The molecule has 0 spiro atoms. The Kier molecular flexibility index (Phi) is 5.61. The van der Waals surface area contributed by atoms with Crippen LogP contribution in [0, 0.1) is 6.92 Å². The lowest BCUT2D eigenvalue weighted by Gasteiger charge is -2.18. The number of aryl methyl sites for hydroxylation is 1. The molecule has 3 aromatic carbocycles. The van der Waals surface area contributed by atoms with Crippen LogP contribution in [0.4, 0.5) is 24.5 Å². The molecule has 4 rings (SSSR count). The van der Waals surface area contributed by atoms with Crippen LogP contribution in [0.25, 0.3) is 21.8 Å². The molecule has 7 heteroatoms. The highest BCUT2D eigenvalue weighted by Crippen LogP contribution is 2.39. The summed E-state index contributed by atoms with van der Waals surface area (Å²) >= 11 is 0. The molecule has 29 heavy (non-hydrogen) atoms. The van der Waals surface area contributed by atoms with Crippen LogP contribution in [0.15, 0.2) is 66.7 Å². The summed E-state index contributed by atoms with van der Waals surface area (Å²) in [5, 5.41) is 4.59. The molecule has 0 unspecified atom stereocenters. The number of hydrogen-bond acceptors (Lipinski definition) is 4. The fourth-order valence-corrected chi connectivity index (χ4v) is 3.11. The minimum atomic E-state index is -4.44. The summed E-state index contributed by atoms with van der Waals surface area (Å²) in [5.41, 5.74) is 2.00. The van der Waals surface area contributed by atoms with E-state index in [1.54, 1.807) is 13.0 Å². The predicted octanol–water partition coefficient (Wildman–Crippen LogP) is 5.88. The van der Waals surface area contributed by atoms with Gasteiger partial charge in [-0.1, -0.05) is 48.0 Å². The number of rotatable bonds is 2. The topological polar surface area (TPSA) is 59.1 Å². The lowest BCUT2D eigenvalue weighted by atomic mass is 10.1. The standard InChI is InChI=1S/C21H15F3N2.CO2/c1-13-10-11-19(16(12-13)21(22,23)24)26-20-14-6-2-4-8-17(14)25-18-9-5-3-7-15(18)20;2-1-3/h2-12H,1H3,(H,25,26);. The lowest BCUT2D eigenvalue weighted by molar-refractivity contribution is -0.191. The molecule has 4 nitrogen and oxygen atoms in total. The molecule has 0 aliphatic carbocycles. The Labute approximate surface area is 164 Å². The SMILES string of the molecule is Cc1ccc(Nc2c3ccccc3nc3ccccc23)c(C(F)(F)F)c1.O=C=O. The number of nitrogens with one attached hydrogen (secondary N) is 1. The molecular weight excluding hydrogens is 381 g/mol. The molecule has 1 heterocycles. The van der Waals surface area contributed by atoms with Gasteiger partial charge in [-0.2, -0.15) is 22.8 Å². The van der Waals surface area contributed by atoms with Crippen LogP contribution >= 0.6 is 0 Å². The molecule has 0 saturated heterocycles. The van der Waals surface area contributed by atoms with Crippen molar-refractivity contribution in [1.29, 1.82) is 0 Å². The second-order valence-corrected chi connectivity index (χ2v) is 6.28. The molecule has 0 fully saturated rings. The number of aromatic nitrogens is 1. The summed E-state index contributed by atoms with van der Waals surface area (Å²) in [7, 11) is 0. The van der Waals surface area contributed by atoms with Crippen molar-refractivity contribution >= 4 is 39.3 Å². The number of carbonyl (C=O) groups excluding carboxylic acids is 2. The summed E-state index contributed by atoms with van der Waals surface area (Å²) in [6, 6.07) is 19.2. The number of halogens is 3. The zero-order chi connectivity index (χ0) is 21.0. The number of pyridine rings is 1. The average Bonchev–Trinajstić information content (AvgIpc) is 2.69. The Morgan fingerprint density at radius 3 is 1.90 bits per heavy atom. The first-order chi connectivity index (χ1) is 13.8. The highest BCUT2D eigenvalue weighted by Gasteiger charge is 2.33. The fraction of sp³-hybridized carbons (Fsp3) is 0.0909. The number of benzene rings is 3. The van der Waals surface area contributed by atoms with Gasteiger partial charge >= 0.3 is 12.3 Å². The van der Waals surface area contributed by atoms with Gasteiger partial charge < -0.3 is 5.32 Å². The van der Waals surface area contributed by atoms with E-state index in [-0.39, 0.29) is 11.8 Å². The van der Waals surface area contributed by atoms with E-state index in [2.05, 4.69) is 10.3 Å². The monoisotopic (exact) mass is 396 g/mol. The van der Waals surface area contributed by atoms with Gasteiger partial charge in [-0.15, -0.1) is 0 Å². The van der Waals surface area contributed by atoms with Gasteiger partial charge in [-0.3, -0.25) is 0 Å². The quantitative estimate of drug-likeness (QED) is 0.430. The average molecular weight is 396 g/mol. The Bertz CT molecular complexity index is 1160. The Balaban J connectivity index is 0.000000755. The first-order valence-electron chi connectivity index (χ1n) is 8.57. The number of anilines is 2. The molecule has 0 aliphatic heterocycles. The molecule has 0 bridgehead atoms. The third-order valence-electron chi connectivity index (χ3n) is 4.33. The number of alkyl halides is 3. The molecule has 0 aliphatic rings. The van der Waals surface area contributed by atoms with Gasteiger partial charge in [-0.25, -0.2) is 4.98 Å². The maximum Gasteiger partial charge on any atom is 0.418 e. The van der Waals surface area contributed by atoms with E-state index in [1.807, 2.05) is 48.5 Å². The van der Waals surface area contributed by atoms with E-state index in [0.717, 1.165) is 27.9 Å². The van der Waals surface area contributed by atoms with Crippen LogP contribution in [0.1, 0.15) is 11.1 Å². The zero-order valence-electron chi connectivity index (χ0n) is 15.2. The highest BCUT2D eigenvalue weighted by molar-refractivity contribution is 6.08. The van der Waals surface area contributed by atoms with Crippen LogP contribution in [0.5, 0.6) is 0 Å². The van der Waals surface area contributed by atoms with Crippen molar-refractivity contribution in [3.05, 3.63) is 77.9 Å². The molecule has 0 saturated carbocycles. The van der Waals surface area contributed by atoms with Crippen molar-refractivity contribution in [3.63, 3.8) is 0 Å². The molecule has 0 radical (unpaired) electrons. The largest absolute Gasteiger partial charge is 0.418 e. The summed E-state index contributed by atoms with van der Waals surface area (Å²) in [4.78, 5) is 20.9. The van der Waals surface area contributed by atoms with Crippen molar-refractivity contribution in [1.82, 2.24) is 4.98 Å². The first kappa shape index (κ1) is 20.0. The van der Waals surface area contributed by atoms with Crippen molar-refractivity contribution in [2.24, 2.45) is 0 Å². The number of para-hydroxylation sites is 2. The predicted molar refractivity (Wildman–Crippen MR) is 104 cm³/mol. The molecule has 0 amide bonds. The summed E-state index contributed by atoms with van der Waals surface area (Å²) in [6.45, 7) is 1.65. The second-order valence-electron chi connectivity index (χ2n) is 6.28. The molecule has 1 N–H and O–H groups in total. The maximum atomic E-state index is 13.5. The Hall–Kier alpha value is -3.70. The molecule has 0 atom stereocenters. The van der Waals surface area contributed by atoms with E-state index in [9.17, 15) is 13.2 Å². The van der Waals surface area contributed by atoms with E-state index < -0.39 is 11.7 Å². The molecule has 1 aromatic heterocycles. The van der Waals surface area contributed by atoms with Gasteiger partial charge in [0.15, 0.2) is 0 Å². The van der Waals surface area contributed by atoms with Gasteiger partial charge in [0.05, 0.1) is 28.0 Å². The van der Waals surface area contributed by atoms with Gasteiger partial charge in [0, 0.05) is 10.8 Å². The smallest absolute Gasteiger partial charge is 0.354 e. The van der Waals surface area contributed by atoms with Gasteiger partial charge in [0.25, 0.3) is 0 Å². The van der Waals surface area contributed by atoms with E-state index in [1.165, 1.54) is 6.07 Å². The summed E-state index contributed by atoms with van der Waals surface area (Å²) in [5.74, 6) is 0. The third kappa shape index (κ3) is 4.25. The van der Waals surface area contributed by atoms with Crippen molar-refractivity contribution in [3.8, 4) is 0 Å². The van der Waals surface area contributed by atoms with Crippen LogP contribution in [-0.4, -0.2) is 11.1 Å². The minimum Gasteiger partial charge on any atom is -0.354 e. The number of fused-ring (bicyclic) bond motifs is 2. The van der Waals surface area contributed by atoms with Crippen LogP contribution in [0.2, 0.25) is 0 Å². The van der Waals surface area contributed by atoms with Crippen molar-refractivity contribution < 1.29 is 22.8 Å². The van der Waals surface area contributed by atoms with E-state index in [4.69, 9.17) is 9.59 Å². The van der Waals surface area contributed by atoms with Crippen LogP contribution < -0.4 is 5.32 Å². The lowest BCUT2D eigenvalue weighted by Crippen LogP contribution is -2.09. The molecule has 4 aromatic rings. The van der Waals surface area contributed by atoms with Gasteiger partial charge in [0.2, 0.25) is 0 Å². The molecular formula is C22H15F3N2O2. The summed E-state index contributed by atoms with van der Waals surface area (Å²) < 4.78 is 40.5. The number of hydrogen-bond donors (Lipinski definition) is 1. The Morgan fingerprint density at radius 2 is 1.38 bits per heavy atom. The third-order valence-corrected chi connectivity index (χ3v) is 4.33. The summed E-state index contributed by atoms with van der Waals surface area (Å²) in [6.07, 6.45) is -4.19. The maximum absolute atomic E-state index is 13.5. The van der Waals surface area contributed by atoms with Gasteiger partial charge in [-0.05, 0) is 31.2 Å². The van der Waals surface area contributed by atoms with Crippen LogP contribution in [0.3, 0.4) is 0 Å². The minimum absolute atomic E-state index is 0.0320. The fourth-order valence-electron chi connectivity index (χ4n) is 3.11. The normalized spacial score (nSPS) is 10.9. The molecule has 146 valence electrons. The van der Waals surface area contributed by atoms with Crippen molar-refractivity contribution in [2.45, 2.75) is 13.1 Å². The second kappa shape index (κ2) is 8.12. The van der Waals surface area contributed by atoms with Gasteiger partial charge in [0.1, 0.15) is 0 Å². The zero-order valence-corrected chi connectivity index (χ0v) is 15.2. The van der Waals surface area contributed by atoms with Crippen LogP contribution in [-0.2, 0) is 15.8 Å².